The molecule has 2 aromatic carbocycles. The Morgan fingerprint density at radius 3 is 2.00 bits per heavy atom. The fourth-order valence-electron chi connectivity index (χ4n) is 2.24. The number of aromatic carboxylic acids is 1. The number of amides is 2. The smallest absolute Gasteiger partial charge is 0.266 e. The molecule has 0 atom stereocenters. The van der Waals surface area contributed by atoms with Crippen molar-refractivity contribution in [1.82, 2.24) is 0 Å². The molecule has 0 aromatic heterocycles. The summed E-state index contributed by atoms with van der Waals surface area (Å²) in [4.78, 5) is 36.6. The van der Waals surface area contributed by atoms with E-state index in [1.165, 1.54) is 36.4 Å². The Morgan fingerprint density at radius 2 is 1.50 bits per heavy atom. The molecule has 7 heteroatoms. The molecule has 1 heterocycles. The monoisotopic (exact) mass is 334 g/mol. The van der Waals surface area contributed by atoms with E-state index >= 15 is 0 Å². The van der Waals surface area contributed by atoms with Crippen molar-refractivity contribution >= 4 is 46.7 Å². The van der Waals surface area contributed by atoms with Crippen molar-refractivity contribution in [2.24, 2.45) is 0 Å². The number of carbonyl (C=O) groups excluding carboxylic acids is 3. The summed E-state index contributed by atoms with van der Waals surface area (Å²) < 4.78 is 0. The first-order valence-electron chi connectivity index (χ1n) is 6.09. The molecule has 0 spiro atoms. The molecule has 1 aliphatic rings. The zero-order valence-electron chi connectivity index (χ0n) is 10.8. The number of carbonyl (C=O) groups is 3. The fraction of sp³-hybridized carbons (Fsp3) is 0. The summed E-state index contributed by atoms with van der Waals surface area (Å²) in [5, 5.41) is 11.2. The van der Waals surface area contributed by atoms with Gasteiger partial charge in [-0.1, -0.05) is 35.3 Å². The molecule has 0 bridgehead atoms. The molecule has 110 valence electrons. The van der Waals surface area contributed by atoms with Gasteiger partial charge in [0.15, 0.2) is 0 Å². The van der Waals surface area contributed by atoms with Crippen molar-refractivity contribution in [2.75, 3.05) is 4.90 Å². The molecule has 0 unspecified atom stereocenters. The summed E-state index contributed by atoms with van der Waals surface area (Å²) in [7, 11) is 0. The van der Waals surface area contributed by atoms with Crippen LogP contribution in [0.3, 0.4) is 0 Å². The van der Waals surface area contributed by atoms with Crippen molar-refractivity contribution < 1.29 is 19.5 Å². The molecule has 0 radical (unpaired) electrons. The number of carboxylic acids is 1. The lowest BCUT2D eigenvalue weighted by Gasteiger charge is -2.15. The van der Waals surface area contributed by atoms with Crippen LogP contribution in [0.5, 0.6) is 0 Å². The number of hydrogen-bond donors (Lipinski definition) is 0. The highest BCUT2D eigenvalue weighted by Crippen LogP contribution is 2.34. The Bertz CT molecular complexity index is 806. The minimum Gasteiger partial charge on any atom is -0.545 e. The topological polar surface area (TPSA) is 77.5 Å². The van der Waals surface area contributed by atoms with Crippen LogP contribution in [-0.4, -0.2) is 17.8 Å². The third kappa shape index (κ3) is 2.15. The lowest BCUT2D eigenvalue weighted by Crippen LogP contribution is -2.30. The molecule has 0 N–H and O–H groups in total. The lowest BCUT2D eigenvalue weighted by molar-refractivity contribution is -0.255. The largest absolute Gasteiger partial charge is 0.545 e. The summed E-state index contributed by atoms with van der Waals surface area (Å²) in [5.74, 6) is -2.58. The first kappa shape index (κ1) is 14.6. The average Bonchev–Trinajstić information content (AvgIpc) is 2.71. The van der Waals surface area contributed by atoms with Crippen molar-refractivity contribution in [3.05, 3.63) is 63.1 Å². The number of imide groups is 1. The van der Waals surface area contributed by atoms with Crippen LogP contribution in [0.4, 0.5) is 5.69 Å². The van der Waals surface area contributed by atoms with Crippen molar-refractivity contribution in [3.63, 3.8) is 0 Å². The predicted molar refractivity (Wildman–Crippen MR) is 78.4 cm³/mol. The summed E-state index contributed by atoms with van der Waals surface area (Å²) in [6.07, 6.45) is 0. The van der Waals surface area contributed by atoms with Crippen molar-refractivity contribution in [2.45, 2.75) is 0 Å². The first-order valence-corrected chi connectivity index (χ1v) is 6.85. The molecular formula is C15H6Cl2NO4-. The van der Waals surface area contributed by atoms with Crippen LogP contribution >= 0.6 is 23.2 Å². The summed E-state index contributed by atoms with van der Waals surface area (Å²) >= 11 is 11.7. The minimum absolute atomic E-state index is 0.123. The van der Waals surface area contributed by atoms with Crippen LogP contribution in [0.2, 0.25) is 10.0 Å². The molecule has 5 nitrogen and oxygen atoms in total. The summed E-state index contributed by atoms with van der Waals surface area (Å²) in [6, 6.07) is 8.02. The molecule has 0 saturated heterocycles. The standard InChI is InChI=1S/C15H7Cl2NO4/c16-11-5-9-10(6-12(11)17)14(20)18(13(9)19)8-3-1-2-7(4-8)15(21)22/h1-6H,(H,21,22)/p-1. The van der Waals surface area contributed by atoms with Gasteiger partial charge in [0, 0.05) is 0 Å². The van der Waals surface area contributed by atoms with Crippen molar-refractivity contribution in [3.8, 4) is 0 Å². The number of rotatable bonds is 2. The Labute approximate surface area is 134 Å². The van der Waals surface area contributed by atoms with Gasteiger partial charge in [-0.2, -0.15) is 0 Å². The average molecular weight is 335 g/mol. The third-order valence-electron chi connectivity index (χ3n) is 3.27. The molecule has 3 rings (SSSR count). The summed E-state index contributed by atoms with van der Waals surface area (Å²) in [6.45, 7) is 0. The quantitative estimate of drug-likeness (QED) is 0.788. The second-order valence-electron chi connectivity index (χ2n) is 4.60. The number of halogens is 2. The first-order chi connectivity index (χ1) is 10.4. The molecule has 22 heavy (non-hydrogen) atoms. The van der Waals surface area contributed by atoms with Gasteiger partial charge in [0.05, 0.1) is 32.8 Å². The molecule has 0 saturated carbocycles. The zero-order valence-corrected chi connectivity index (χ0v) is 12.3. The van der Waals surface area contributed by atoms with Gasteiger partial charge in [0.25, 0.3) is 11.8 Å². The molecule has 2 amide bonds. The van der Waals surface area contributed by atoms with E-state index in [9.17, 15) is 19.5 Å². The van der Waals surface area contributed by atoms with Gasteiger partial charge < -0.3 is 9.90 Å². The van der Waals surface area contributed by atoms with Gasteiger partial charge in [-0.15, -0.1) is 0 Å². The number of benzene rings is 2. The van der Waals surface area contributed by atoms with E-state index in [4.69, 9.17) is 23.2 Å². The van der Waals surface area contributed by atoms with Gasteiger partial charge in [-0.3, -0.25) is 9.59 Å². The van der Waals surface area contributed by atoms with Crippen LogP contribution in [0.25, 0.3) is 0 Å². The van der Waals surface area contributed by atoms with Crippen molar-refractivity contribution in [1.29, 1.82) is 0 Å². The van der Waals surface area contributed by atoms with Gasteiger partial charge in [0.1, 0.15) is 0 Å². The maximum absolute atomic E-state index is 12.4. The zero-order chi connectivity index (χ0) is 16.0. The Hall–Kier alpha value is -2.37. The number of hydrogen-bond acceptors (Lipinski definition) is 4. The van der Waals surface area contributed by atoms with Gasteiger partial charge in [0.2, 0.25) is 0 Å². The number of fused-ring (bicyclic) bond motifs is 1. The molecule has 0 fully saturated rings. The van der Waals surface area contributed by atoms with Gasteiger partial charge >= 0.3 is 0 Å². The summed E-state index contributed by atoms with van der Waals surface area (Å²) in [5.41, 5.74) is 0.252. The molecule has 0 aliphatic carbocycles. The second kappa shape index (κ2) is 5.12. The third-order valence-corrected chi connectivity index (χ3v) is 3.99. The highest BCUT2D eigenvalue weighted by molar-refractivity contribution is 6.44. The normalized spacial score (nSPS) is 13.5. The van der Waals surface area contributed by atoms with Gasteiger partial charge in [-0.25, -0.2) is 4.90 Å². The molecule has 1 aliphatic heterocycles. The Kier molecular flexibility index (Phi) is 3.39. The number of nitrogens with zero attached hydrogens (tertiary/aromatic N) is 1. The fourth-order valence-corrected chi connectivity index (χ4v) is 2.57. The number of anilines is 1. The highest BCUT2D eigenvalue weighted by Gasteiger charge is 2.37. The van der Waals surface area contributed by atoms with E-state index in [0.29, 0.717) is 0 Å². The second-order valence-corrected chi connectivity index (χ2v) is 5.41. The molecular weight excluding hydrogens is 329 g/mol. The van der Waals surface area contributed by atoms with E-state index in [0.717, 1.165) is 4.90 Å². The minimum atomic E-state index is -1.40. The van der Waals surface area contributed by atoms with Crippen LogP contribution in [0, 0.1) is 0 Å². The van der Waals surface area contributed by atoms with Gasteiger partial charge in [-0.05, 0) is 29.8 Å². The van der Waals surface area contributed by atoms with Crippen LogP contribution in [0.1, 0.15) is 31.1 Å². The lowest BCUT2D eigenvalue weighted by atomic mass is 10.1. The Balaban J connectivity index is 2.11. The van der Waals surface area contributed by atoms with E-state index < -0.39 is 17.8 Å². The maximum atomic E-state index is 12.4. The van der Waals surface area contributed by atoms with E-state index in [2.05, 4.69) is 0 Å². The SMILES string of the molecule is O=C([O-])c1cccc(N2C(=O)c3cc(Cl)c(Cl)cc3C2=O)c1. The van der Waals surface area contributed by atoms with E-state index in [-0.39, 0.29) is 32.4 Å². The molecule has 2 aromatic rings. The highest BCUT2D eigenvalue weighted by atomic mass is 35.5. The predicted octanol–water partition coefficient (Wildman–Crippen LogP) is 2.16. The van der Waals surface area contributed by atoms with Crippen LogP contribution in [-0.2, 0) is 0 Å². The van der Waals surface area contributed by atoms with E-state index in [1.54, 1.807) is 0 Å². The number of carboxylic acid groups (broad SMARTS) is 1. The Morgan fingerprint density at radius 1 is 0.955 bits per heavy atom. The van der Waals surface area contributed by atoms with Crippen LogP contribution in [0.15, 0.2) is 36.4 Å². The van der Waals surface area contributed by atoms with Crippen LogP contribution < -0.4 is 10.0 Å². The maximum Gasteiger partial charge on any atom is 0.266 e. The van der Waals surface area contributed by atoms with E-state index in [1.807, 2.05) is 0 Å².